The van der Waals surface area contributed by atoms with Gasteiger partial charge in [0.25, 0.3) is 5.91 Å². The van der Waals surface area contributed by atoms with E-state index in [4.69, 9.17) is 11.0 Å². The number of carbonyl (C=O) groups is 1. The second-order valence-electron chi connectivity index (χ2n) is 6.21. The Kier molecular flexibility index (Phi) is 5.81. The van der Waals surface area contributed by atoms with Gasteiger partial charge in [0.15, 0.2) is 0 Å². The predicted octanol–water partition coefficient (Wildman–Crippen LogP) is 3.12. The zero-order chi connectivity index (χ0) is 21.1. The van der Waals surface area contributed by atoms with Crippen LogP contribution in [0.4, 0.5) is 19.6 Å². The van der Waals surface area contributed by atoms with Crippen LogP contribution in [0.15, 0.2) is 30.5 Å². The molecule has 1 amide bonds. The van der Waals surface area contributed by atoms with E-state index in [1.807, 2.05) is 0 Å². The fourth-order valence-corrected chi connectivity index (χ4v) is 3.83. The van der Waals surface area contributed by atoms with Crippen LogP contribution in [0.3, 0.4) is 0 Å². The number of aliphatic hydroxyl groups is 1. The van der Waals surface area contributed by atoms with E-state index in [1.54, 1.807) is 6.07 Å². The topological polar surface area (TPSA) is 125 Å². The summed E-state index contributed by atoms with van der Waals surface area (Å²) in [6, 6.07) is 6.83. The number of thiophene rings is 1. The minimum absolute atomic E-state index is 0.0222. The van der Waals surface area contributed by atoms with Crippen LogP contribution in [0.2, 0.25) is 0 Å². The van der Waals surface area contributed by atoms with Crippen LogP contribution in [-0.2, 0) is 6.42 Å². The van der Waals surface area contributed by atoms with Crippen LogP contribution in [0.5, 0.6) is 0 Å². The quantitative estimate of drug-likeness (QED) is 0.568. The smallest absolute Gasteiger partial charge is 0.251 e. The number of amides is 1. The molecule has 148 valence electrons. The summed E-state index contributed by atoms with van der Waals surface area (Å²) in [5.74, 6) is -2.30. The lowest BCUT2D eigenvalue weighted by Gasteiger charge is -2.08. The van der Waals surface area contributed by atoms with Gasteiger partial charge in [0.1, 0.15) is 28.5 Å². The summed E-state index contributed by atoms with van der Waals surface area (Å²) >= 11 is 0.913. The van der Waals surface area contributed by atoms with Crippen molar-refractivity contribution >= 4 is 28.1 Å². The molecule has 0 spiro atoms. The first-order valence-corrected chi connectivity index (χ1v) is 9.20. The molecular weight excluding hydrogens is 400 g/mol. The van der Waals surface area contributed by atoms with E-state index in [0.29, 0.717) is 5.56 Å². The molecule has 0 aliphatic carbocycles. The van der Waals surface area contributed by atoms with Crippen molar-refractivity contribution in [3.05, 3.63) is 59.0 Å². The number of anilines is 2. The lowest BCUT2D eigenvalue weighted by molar-refractivity contribution is 0.100. The monoisotopic (exact) mass is 415 g/mol. The van der Waals surface area contributed by atoms with Crippen LogP contribution in [-0.4, -0.2) is 27.1 Å². The lowest BCUT2D eigenvalue weighted by Crippen LogP contribution is -2.11. The highest BCUT2D eigenvalue weighted by Crippen LogP contribution is 2.39. The molecule has 3 rings (SSSR count). The summed E-state index contributed by atoms with van der Waals surface area (Å²) in [4.78, 5) is 19.6. The number of aromatic nitrogens is 2. The fourth-order valence-electron chi connectivity index (χ4n) is 2.71. The molecule has 2 heterocycles. The number of nitriles is 1. The van der Waals surface area contributed by atoms with E-state index in [2.05, 4.69) is 15.3 Å². The summed E-state index contributed by atoms with van der Waals surface area (Å²) < 4.78 is 29.2. The number of hydrogen-bond acceptors (Lipinski definition) is 7. The summed E-state index contributed by atoms with van der Waals surface area (Å²) in [6.07, 6.45) is 0.712. The van der Waals surface area contributed by atoms with Crippen LogP contribution in [0.25, 0.3) is 10.4 Å². The third-order valence-electron chi connectivity index (χ3n) is 3.87. The Bertz CT molecular complexity index is 1100. The Morgan fingerprint density at radius 1 is 1.38 bits per heavy atom. The van der Waals surface area contributed by atoms with Gasteiger partial charge in [-0.05, 0) is 43.2 Å². The van der Waals surface area contributed by atoms with Crippen molar-refractivity contribution in [3.63, 3.8) is 0 Å². The zero-order valence-electron chi connectivity index (χ0n) is 15.1. The van der Waals surface area contributed by atoms with Gasteiger partial charge in [-0.1, -0.05) is 0 Å². The molecular formula is C19H15F2N5O2S. The Labute approximate surface area is 168 Å². The molecule has 0 saturated heterocycles. The first-order valence-electron chi connectivity index (χ1n) is 8.38. The Hall–Kier alpha value is -3.42. The molecule has 0 saturated carbocycles. The molecule has 0 bridgehead atoms. The molecule has 0 aliphatic rings. The van der Waals surface area contributed by atoms with E-state index >= 15 is 0 Å². The minimum atomic E-state index is -0.821. The van der Waals surface area contributed by atoms with Gasteiger partial charge in [-0.15, -0.1) is 11.3 Å². The number of benzene rings is 1. The Morgan fingerprint density at radius 2 is 2.07 bits per heavy atom. The average Bonchev–Trinajstić information content (AvgIpc) is 3.04. The second kappa shape index (κ2) is 8.30. The third-order valence-corrected chi connectivity index (χ3v) is 4.94. The number of rotatable bonds is 6. The van der Waals surface area contributed by atoms with Gasteiger partial charge < -0.3 is 16.2 Å². The maximum atomic E-state index is 14.6. The molecule has 1 atom stereocenters. The standard InChI is InChI=1S/C19H15F2N5O2S/c1-9(27)4-10-5-12(20)17(13(21)6-10)14-7-11(18(23)28)19(29-14)26-15-2-3-24-16(8-22)25-15/h2-3,5-7,9,27H,4H2,1H3,(H2,23,28)(H,24,25,26). The van der Waals surface area contributed by atoms with Crippen molar-refractivity contribution in [3.8, 4) is 16.5 Å². The van der Waals surface area contributed by atoms with Gasteiger partial charge >= 0.3 is 0 Å². The molecule has 2 aromatic heterocycles. The third kappa shape index (κ3) is 4.53. The minimum Gasteiger partial charge on any atom is -0.393 e. The van der Waals surface area contributed by atoms with E-state index in [1.165, 1.54) is 25.3 Å². The summed E-state index contributed by atoms with van der Waals surface area (Å²) in [5.41, 5.74) is 5.43. The zero-order valence-corrected chi connectivity index (χ0v) is 15.9. The number of hydrogen-bond donors (Lipinski definition) is 3. The molecule has 1 unspecified atom stereocenters. The van der Waals surface area contributed by atoms with Gasteiger partial charge in [0, 0.05) is 11.1 Å². The van der Waals surface area contributed by atoms with Crippen LogP contribution < -0.4 is 11.1 Å². The van der Waals surface area contributed by atoms with Gasteiger partial charge in [-0.25, -0.2) is 18.7 Å². The highest BCUT2D eigenvalue weighted by molar-refractivity contribution is 7.20. The number of nitrogens with zero attached hydrogens (tertiary/aromatic N) is 3. The number of aliphatic hydroxyl groups excluding tert-OH is 1. The van der Waals surface area contributed by atoms with Crippen molar-refractivity contribution in [2.45, 2.75) is 19.4 Å². The van der Waals surface area contributed by atoms with Crippen LogP contribution in [0, 0.1) is 23.0 Å². The lowest BCUT2D eigenvalue weighted by atomic mass is 10.0. The number of nitrogens with one attached hydrogen (secondary N) is 1. The molecule has 10 heteroatoms. The summed E-state index contributed by atoms with van der Waals surface area (Å²) in [7, 11) is 0. The number of halogens is 2. The van der Waals surface area contributed by atoms with E-state index in [0.717, 1.165) is 23.5 Å². The number of nitrogens with two attached hydrogens (primary N) is 1. The molecule has 0 aliphatic heterocycles. The fraction of sp³-hybridized carbons (Fsp3) is 0.158. The molecule has 29 heavy (non-hydrogen) atoms. The molecule has 3 aromatic rings. The van der Waals surface area contributed by atoms with Crippen molar-refractivity contribution < 1.29 is 18.7 Å². The SMILES string of the molecule is CC(O)Cc1cc(F)c(-c2cc(C(N)=O)c(Nc3ccnc(C#N)n3)s2)c(F)c1. The molecule has 0 fully saturated rings. The highest BCUT2D eigenvalue weighted by Gasteiger charge is 2.21. The molecule has 7 nitrogen and oxygen atoms in total. The van der Waals surface area contributed by atoms with Crippen LogP contribution in [0.1, 0.15) is 28.7 Å². The maximum absolute atomic E-state index is 14.6. The predicted molar refractivity (Wildman–Crippen MR) is 104 cm³/mol. The van der Waals surface area contributed by atoms with Crippen LogP contribution >= 0.6 is 11.3 Å². The average molecular weight is 415 g/mol. The van der Waals surface area contributed by atoms with Gasteiger partial charge in [-0.2, -0.15) is 5.26 Å². The molecule has 0 radical (unpaired) electrons. The largest absolute Gasteiger partial charge is 0.393 e. The van der Waals surface area contributed by atoms with E-state index in [-0.39, 0.29) is 39.1 Å². The number of carbonyl (C=O) groups excluding carboxylic acids is 1. The first kappa shape index (κ1) is 20.3. The van der Waals surface area contributed by atoms with Crippen molar-refractivity contribution in [1.82, 2.24) is 9.97 Å². The summed E-state index contributed by atoms with van der Waals surface area (Å²) in [6.45, 7) is 1.52. The van der Waals surface area contributed by atoms with E-state index < -0.39 is 23.6 Å². The maximum Gasteiger partial charge on any atom is 0.251 e. The summed E-state index contributed by atoms with van der Waals surface area (Å²) in [5, 5.41) is 21.4. The normalized spacial score (nSPS) is 11.7. The van der Waals surface area contributed by atoms with E-state index in [9.17, 15) is 18.7 Å². The first-order chi connectivity index (χ1) is 13.8. The van der Waals surface area contributed by atoms with Gasteiger partial charge in [0.05, 0.1) is 17.2 Å². The molecule has 4 N–H and O–H groups in total. The Morgan fingerprint density at radius 3 is 2.66 bits per heavy atom. The van der Waals surface area contributed by atoms with Crippen molar-refractivity contribution in [2.75, 3.05) is 5.32 Å². The van der Waals surface area contributed by atoms with Crippen molar-refractivity contribution in [2.24, 2.45) is 5.73 Å². The number of primary amides is 1. The molecule has 1 aromatic carbocycles. The van der Waals surface area contributed by atoms with Crippen molar-refractivity contribution in [1.29, 1.82) is 5.26 Å². The Balaban J connectivity index is 2.03. The van der Waals surface area contributed by atoms with Gasteiger partial charge in [-0.3, -0.25) is 4.79 Å². The second-order valence-corrected chi connectivity index (χ2v) is 7.26. The van der Waals surface area contributed by atoms with Gasteiger partial charge in [0.2, 0.25) is 5.82 Å². The highest BCUT2D eigenvalue weighted by atomic mass is 32.1.